The summed E-state index contributed by atoms with van der Waals surface area (Å²) in [7, 11) is 1.96. The fourth-order valence-corrected chi connectivity index (χ4v) is 2.99. The van der Waals surface area contributed by atoms with Gasteiger partial charge in [-0.15, -0.1) is 5.10 Å². The molecule has 0 aliphatic rings. The molecule has 5 nitrogen and oxygen atoms in total. The van der Waals surface area contributed by atoms with Gasteiger partial charge in [-0.25, -0.2) is 0 Å². The Morgan fingerprint density at radius 1 is 1.56 bits per heavy atom. The number of nitrogens with one attached hydrogen (secondary N) is 1. The Labute approximate surface area is 119 Å². The minimum atomic E-state index is 0.225. The lowest BCUT2D eigenvalue weighted by molar-refractivity contribution is 0.545. The highest BCUT2D eigenvalue weighted by Crippen LogP contribution is 2.27. The Morgan fingerprint density at radius 2 is 2.33 bits per heavy atom. The number of likely N-dealkylation sites (N-methyl/N-ethyl adjacent to an activating group) is 1. The Hall–Kier alpha value is -0.790. The van der Waals surface area contributed by atoms with Crippen LogP contribution in [0.3, 0.4) is 0 Å². The Morgan fingerprint density at radius 3 is 2.89 bits per heavy atom. The van der Waals surface area contributed by atoms with Gasteiger partial charge in [-0.1, -0.05) is 4.49 Å². The van der Waals surface area contributed by atoms with E-state index in [9.17, 15) is 0 Å². The van der Waals surface area contributed by atoms with Crippen LogP contribution in [0.5, 0.6) is 0 Å². The molecule has 2 heterocycles. The quantitative estimate of drug-likeness (QED) is 0.914. The van der Waals surface area contributed by atoms with Crippen molar-refractivity contribution in [3.05, 3.63) is 26.9 Å². The molecule has 0 saturated carbocycles. The van der Waals surface area contributed by atoms with Crippen molar-refractivity contribution in [2.24, 2.45) is 0 Å². The summed E-state index contributed by atoms with van der Waals surface area (Å²) in [6.45, 7) is 4.99. The summed E-state index contributed by atoms with van der Waals surface area (Å²) in [6, 6.07) is 0.225. The van der Waals surface area contributed by atoms with Gasteiger partial charge in [0.1, 0.15) is 0 Å². The van der Waals surface area contributed by atoms with Crippen molar-refractivity contribution in [3.8, 4) is 0 Å². The average Bonchev–Trinajstić information content (AvgIpc) is 2.98. The fraction of sp³-hybridized carbons (Fsp3) is 0.545. The van der Waals surface area contributed by atoms with E-state index in [0.717, 1.165) is 28.0 Å². The van der Waals surface area contributed by atoms with E-state index in [1.807, 2.05) is 24.9 Å². The average molecular weight is 330 g/mol. The van der Waals surface area contributed by atoms with Crippen molar-refractivity contribution in [1.29, 1.82) is 0 Å². The molecule has 0 radical (unpaired) electrons. The number of aromatic nitrogens is 4. The van der Waals surface area contributed by atoms with Crippen molar-refractivity contribution >= 4 is 27.5 Å². The van der Waals surface area contributed by atoms with Crippen LogP contribution in [0.25, 0.3) is 0 Å². The summed E-state index contributed by atoms with van der Waals surface area (Å²) in [5.41, 5.74) is 2.24. The number of hydrogen-bond acceptors (Lipinski definition) is 5. The van der Waals surface area contributed by atoms with Crippen molar-refractivity contribution in [1.82, 2.24) is 24.7 Å². The van der Waals surface area contributed by atoms with Gasteiger partial charge < -0.3 is 5.32 Å². The summed E-state index contributed by atoms with van der Waals surface area (Å²) < 4.78 is 7.06. The van der Waals surface area contributed by atoms with E-state index in [0.29, 0.717) is 0 Å². The van der Waals surface area contributed by atoms with Crippen molar-refractivity contribution in [2.45, 2.75) is 32.9 Å². The largest absolute Gasteiger partial charge is 0.312 e. The van der Waals surface area contributed by atoms with Gasteiger partial charge in [0, 0.05) is 13.0 Å². The second kappa shape index (κ2) is 5.90. The number of aryl methyl sites for hydroxylation is 2. The van der Waals surface area contributed by atoms with Gasteiger partial charge in [-0.2, -0.15) is 5.10 Å². The van der Waals surface area contributed by atoms with Crippen LogP contribution in [0, 0.1) is 6.92 Å². The minimum Gasteiger partial charge on any atom is -0.312 e. The molecular formula is C11H16BrN5S. The smallest absolute Gasteiger partial charge is 0.0738 e. The van der Waals surface area contributed by atoms with Gasteiger partial charge in [0.25, 0.3) is 0 Å². The molecule has 1 N–H and O–H groups in total. The second-order valence-corrected chi connectivity index (χ2v) is 5.64. The normalized spacial score (nSPS) is 12.9. The molecule has 0 saturated heterocycles. The Kier molecular flexibility index (Phi) is 4.47. The van der Waals surface area contributed by atoms with E-state index in [1.165, 1.54) is 17.2 Å². The first-order valence-corrected chi connectivity index (χ1v) is 7.40. The van der Waals surface area contributed by atoms with Gasteiger partial charge >= 0.3 is 0 Å². The molecule has 0 spiro atoms. The summed E-state index contributed by atoms with van der Waals surface area (Å²) in [5, 5.41) is 11.7. The molecule has 18 heavy (non-hydrogen) atoms. The third-order valence-corrected chi connectivity index (χ3v) is 4.73. The summed E-state index contributed by atoms with van der Waals surface area (Å²) >= 11 is 5.06. The van der Waals surface area contributed by atoms with Gasteiger partial charge in [-0.3, -0.25) is 4.68 Å². The van der Waals surface area contributed by atoms with Gasteiger partial charge in [0.15, 0.2) is 0 Å². The minimum absolute atomic E-state index is 0.225. The molecule has 0 amide bonds. The molecule has 1 unspecified atom stereocenters. The van der Waals surface area contributed by atoms with Crippen molar-refractivity contribution < 1.29 is 0 Å². The lowest BCUT2D eigenvalue weighted by Crippen LogP contribution is -2.19. The lowest BCUT2D eigenvalue weighted by atomic mass is 10.1. The van der Waals surface area contributed by atoms with Crippen molar-refractivity contribution in [2.75, 3.05) is 7.05 Å². The van der Waals surface area contributed by atoms with Crippen LogP contribution in [0.1, 0.15) is 29.2 Å². The standard InChI is InChI=1S/C11H16BrN5S/c1-4-17-9(11(12)7(2)15-17)5-8(13-3)10-6-14-16-18-10/h6,8,13H,4-5H2,1-3H3. The molecule has 1 atom stereocenters. The lowest BCUT2D eigenvalue weighted by Gasteiger charge is -2.14. The Bertz CT molecular complexity index is 508. The van der Waals surface area contributed by atoms with E-state index < -0.39 is 0 Å². The van der Waals surface area contributed by atoms with E-state index in [4.69, 9.17) is 0 Å². The van der Waals surface area contributed by atoms with E-state index >= 15 is 0 Å². The van der Waals surface area contributed by atoms with Crippen LogP contribution in [0.15, 0.2) is 10.7 Å². The van der Waals surface area contributed by atoms with Crippen LogP contribution in [0.2, 0.25) is 0 Å². The first-order valence-electron chi connectivity index (χ1n) is 5.83. The summed E-state index contributed by atoms with van der Waals surface area (Å²) in [4.78, 5) is 1.14. The van der Waals surface area contributed by atoms with Crippen LogP contribution in [-0.2, 0) is 13.0 Å². The van der Waals surface area contributed by atoms with Crippen LogP contribution >= 0.6 is 27.5 Å². The Balaban J connectivity index is 2.27. The van der Waals surface area contributed by atoms with Crippen LogP contribution in [0.4, 0.5) is 0 Å². The molecular weight excluding hydrogens is 314 g/mol. The molecule has 0 bridgehead atoms. The molecule has 2 rings (SSSR count). The predicted molar refractivity (Wildman–Crippen MR) is 75.8 cm³/mol. The van der Waals surface area contributed by atoms with Gasteiger partial charge in [0.2, 0.25) is 0 Å². The first-order chi connectivity index (χ1) is 8.67. The second-order valence-electron chi connectivity index (χ2n) is 4.03. The number of halogens is 1. The van der Waals surface area contributed by atoms with Gasteiger partial charge in [0.05, 0.1) is 33.0 Å². The van der Waals surface area contributed by atoms with Crippen molar-refractivity contribution in [3.63, 3.8) is 0 Å². The van der Waals surface area contributed by atoms with Crippen LogP contribution in [-0.4, -0.2) is 26.4 Å². The summed E-state index contributed by atoms with van der Waals surface area (Å²) in [5.74, 6) is 0. The third-order valence-electron chi connectivity index (χ3n) is 2.92. The predicted octanol–water partition coefficient (Wildman–Crippen LogP) is 2.33. The third kappa shape index (κ3) is 2.62. The molecule has 0 fully saturated rings. The highest BCUT2D eigenvalue weighted by atomic mass is 79.9. The van der Waals surface area contributed by atoms with E-state index in [2.05, 4.69) is 42.9 Å². The highest BCUT2D eigenvalue weighted by Gasteiger charge is 2.19. The number of nitrogens with zero attached hydrogens (tertiary/aromatic N) is 4. The maximum atomic E-state index is 4.51. The maximum Gasteiger partial charge on any atom is 0.0738 e. The molecule has 7 heteroatoms. The monoisotopic (exact) mass is 329 g/mol. The molecule has 2 aromatic heterocycles. The first kappa shape index (κ1) is 13.6. The van der Waals surface area contributed by atoms with Crippen LogP contribution < -0.4 is 5.32 Å². The molecule has 0 aliphatic carbocycles. The van der Waals surface area contributed by atoms with E-state index in [-0.39, 0.29) is 6.04 Å². The molecule has 0 aliphatic heterocycles. The van der Waals surface area contributed by atoms with Gasteiger partial charge in [-0.05, 0) is 48.4 Å². The fourth-order valence-electron chi connectivity index (χ4n) is 1.93. The maximum absolute atomic E-state index is 4.51. The zero-order valence-electron chi connectivity index (χ0n) is 10.6. The highest BCUT2D eigenvalue weighted by molar-refractivity contribution is 9.10. The number of rotatable bonds is 5. The molecule has 2 aromatic rings. The zero-order chi connectivity index (χ0) is 13.1. The topological polar surface area (TPSA) is 55.6 Å². The zero-order valence-corrected chi connectivity index (χ0v) is 13.0. The summed E-state index contributed by atoms with van der Waals surface area (Å²) in [6.07, 6.45) is 2.69. The molecule has 0 aromatic carbocycles. The number of hydrogen-bond donors (Lipinski definition) is 1. The van der Waals surface area contributed by atoms with E-state index in [1.54, 1.807) is 0 Å². The SMILES string of the molecule is CCn1nc(C)c(Br)c1CC(NC)c1cnns1. The molecule has 98 valence electrons.